The Bertz CT molecular complexity index is 1000. The average Bonchev–Trinajstić information content (AvgIpc) is 2.72. The number of amides is 1. The summed E-state index contributed by atoms with van der Waals surface area (Å²) in [6.07, 6.45) is 2.67. The number of aromatic nitrogens is 2. The van der Waals surface area contributed by atoms with Gasteiger partial charge in [0.05, 0.1) is 17.5 Å². The monoisotopic (exact) mass is 461 g/mol. The fraction of sp³-hybridized carbons (Fsp3) is 0.455. The van der Waals surface area contributed by atoms with E-state index >= 15 is 0 Å². The summed E-state index contributed by atoms with van der Waals surface area (Å²) in [6, 6.07) is 4.19. The molecule has 1 aliphatic rings. The highest BCUT2D eigenvalue weighted by Gasteiger charge is 2.27. The van der Waals surface area contributed by atoms with E-state index in [2.05, 4.69) is 15.3 Å². The number of nitrogen functional groups attached to an aromatic ring is 1. The molecular weight excluding hydrogens is 433 g/mol. The molecule has 3 N–H and O–H groups in total. The highest BCUT2D eigenvalue weighted by Crippen LogP contribution is 2.26. The number of methoxy groups -OCH3 is 1. The SMILES string of the molecule is COc1ccc(F)cc1C(=S)c1cnc(NC2CCN(C(=O)OC(C)(C)C)CC2)nc1N. The summed E-state index contributed by atoms with van der Waals surface area (Å²) >= 11 is 5.49. The van der Waals surface area contributed by atoms with Crippen molar-refractivity contribution in [3.05, 3.63) is 41.3 Å². The number of hydrogen-bond donors (Lipinski definition) is 2. The van der Waals surface area contributed by atoms with Crippen LogP contribution >= 0.6 is 12.2 Å². The number of nitrogens with two attached hydrogens (primary N) is 1. The maximum absolute atomic E-state index is 13.7. The third kappa shape index (κ3) is 5.82. The highest BCUT2D eigenvalue weighted by atomic mass is 32.1. The highest BCUT2D eigenvalue weighted by molar-refractivity contribution is 7.81. The van der Waals surface area contributed by atoms with E-state index in [4.69, 9.17) is 27.4 Å². The van der Waals surface area contributed by atoms with E-state index in [9.17, 15) is 9.18 Å². The molecule has 0 saturated carbocycles. The first-order chi connectivity index (χ1) is 15.1. The number of thiocarbonyl (C=S) groups is 1. The van der Waals surface area contributed by atoms with Gasteiger partial charge in [0, 0.05) is 30.9 Å². The summed E-state index contributed by atoms with van der Waals surface area (Å²) in [4.78, 5) is 22.9. The van der Waals surface area contributed by atoms with Crippen LogP contribution in [0.25, 0.3) is 0 Å². The van der Waals surface area contributed by atoms with Crippen LogP contribution in [0.2, 0.25) is 0 Å². The van der Waals surface area contributed by atoms with Gasteiger partial charge < -0.3 is 25.4 Å². The zero-order chi connectivity index (χ0) is 23.5. The van der Waals surface area contributed by atoms with Gasteiger partial charge in [-0.1, -0.05) is 12.2 Å². The normalized spacial score (nSPS) is 14.7. The molecule has 0 spiro atoms. The van der Waals surface area contributed by atoms with E-state index in [1.807, 2.05) is 20.8 Å². The first-order valence-electron chi connectivity index (χ1n) is 10.3. The van der Waals surface area contributed by atoms with Gasteiger partial charge in [-0.2, -0.15) is 4.98 Å². The van der Waals surface area contributed by atoms with Crippen LogP contribution in [-0.2, 0) is 4.74 Å². The number of anilines is 2. The number of halogens is 1. The number of nitrogens with zero attached hydrogens (tertiary/aromatic N) is 3. The van der Waals surface area contributed by atoms with Crippen LogP contribution < -0.4 is 15.8 Å². The lowest BCUT2D eigenvalue weighted by Gasteiger charge is -2.33. The Labute approximate surface area is 192 Å². The summed E-state index contributed by atoms with van der Waals surface area (Å²) in [5.74, 6) is 0.564. The van der Waals surface area contributed by atoms with Crippen molar-refractivity contribution >= 4 is 34.9 Å². The van der Waals surface area contributed by atoms with Gasteiger partial charge in [0.15, 0.2) is 0 Å². The fourth-order valence-corrected chi connectivity index (χ4v) is 3.67. The van der Waals surface area contributed by atoms with Crippen molar-refractivity contribution in [1.82, 2.24) is 14.9 Å². The van der Waals surface area contributed by atoms with E-state index in [-0.39, 0.29) is 18.0 Å². The number of piperidine rings is 1. The van der Waals surface area contributed by atoms with Gasteiger partial charge in [-0.3, -0.25) is 0 Å². The topological polar surface area (TPSA) is 103 Å². The van der Waals surface area contributed by atoms with Crippen molar-refractivity contribution in [2.45, 2.75) is 45.3 Å². The predicted octanol–water partition coefficient (Wildman–Crippen LogP) is 3.78. The minimum atomic E-state index is -0.518. The first-order valence-corrected chi connectivity index (χ1v) is 10.7. The molecule has 2 heterocycles. The van der Waals surface area contributed by atoms with Crippen molar-refractivity contribution in [2.75, 3.05) is 31.2 Å². The number of rotatable bonds is 5. The second-order valence-corrected chi connectivity index (χ2v) is 8.96. The molecule has 172 valence electrons. The van der Waals surface area contributed by atoms with Gasteiger partial charge in [-0.05, 0) is 51.8 Å². The summed E-state index contributed by atoms with van der Waals surface area (Å²) in [5, 5.41) is 3.26. The summed E-state index contributed by atoms with van der Waals surface area (Å²) in [7, 11) is 1.49. The molecule has 0 radical (unpaired) electrons. The average molecular weight is 462 g/mol. The summed E-state index contributed by atoms with van der Waals surface area (Å²) in [6.45, 7) is 6.69. The molecule has 1 aromatic heterocycles. The van der Waals surface area contributed by atoms with E-state index in [0.717, 1.165) is 12.8 Å². The summed E-state index contributed by atoms with van der Waals surface area (Å²) < 4.78 is 24.4. The molecule has 0 bridgehead atoms. The molecule has 8 nitrogen and oxygen atoms in total. The standard InChI is InChI=1S/C22H28FN5O3S/c1-22(2,3)31-21(29)28-9-7-14(8-10-28)26-20-25-12-16(19(24)27-20)18(32)15-11-13(23)5-6-17(15)30-4/h5-6,11-12,14H,7-10H2,1-4H3,(H3,24,25,26,27). The Morgan fingerprint density at radius 3 is 2.56 bits per heavy atom. The third-order valence-electron chi connectivity index (χ3n) is 4.95. The van der Waals surface area contributed by atoms with Crippen LogP contribution in [0, 0.1) is 5.82 Å². The lowest BCUT2D eigenvalue weighted by atomic mass is 10.0. The molecule has 0 atom stereocenters. The predicted molar refractivity (Wildman–Crippen MR) is 125 cm³/mol. The molecule has 0 aliphatic carbocycles. The van der Waals surface area contributed by atoms with Crippen LogP contribution in [0.1, 0.15) is 44.7 Å². The van der Waals surface area contributed by atoms with Crippen molar-refractivity contribution in [1.29, 1.82) is 0 Å². The Balaban J connectivity index is 1.64. The zero-order valence-corrected chi connectivity index (χ0v) is 19.5. The van der Waals surface area contributed by atoms with Gasteiger partial charge in [0.25, 0.3) is 0 Å². The van der Waals surface area contributed by atoms with Gasteiger partial charge in [0.1, 0.15) is 23.0 Å². The minimum absolute atomic E-state index is 0.0919. The molecular formula is C22H28FN5O3S. The Morgan fingerprint density at radius 2 is 1.97 bits per heavy atom. The van der Waals surface area contributed by atoms with Crippen LogP contribution in [0.4, 0.5) is 21.0 Å². The second-order valence-electron chi connectivity index (χ2n) is 8.55. The van der Waals surface area contributed by atoms with Crippen molar-refractivity contribution < 1.29 is 18.7 Å². The molecule has 10 heteroatoms. The van der Waals surface area contributed by atoms with Crippen molar-refractivity contribution in [2.24, 2.45) is 0 Å². The molecule has 3 rings (SSSR count). The van der Waals surface area contributed by atoms with E-state index in [1.165, 1.54) is 31.5 Å². The second kappa shape index (κ2) is 9.64. The molecule has 2 aromatic rings. The number of hydrogen-bond acceptors (Lipinski definition) is 8. The maximum Gasteiger partial charge on any atom is 0.410 e. The number of ether oxygens (including phenoxy) is 2. The van der Waals surface area contributed by atoms with Gasteiger partial charge in [0.2, 0.25) is 5.95 Å². The Morgan fingerprint density at radius 1 is 1.28 bits per heavy atom. The minimum Gasteiger partial charge on any atom is -0.496 e. The lowest BCUT2D eigenvalue weighted by Crippen LogP contribution is -2.44. The van der Waals surface area contributed by atoms with Crippen LogP contribution in [0.15, 0.2) is 24.4 Å². The van der Waals surface area contributed by atoms with E-state index in [0.29, 0.717) is 40.8 Å². The Kier molecular flexibility index (Phi) is 7.12. The van der Waals surface area contributed by atoms with E-state index in [1.54, 1.807) is 4.90 Å². The molecule has 1 amide bonds. The fourth-order valence-electron chi connectivity index (χ4n) is 3.36. The van der Waals surface area contributed by atoms with Gasteiger partial charge in [-0.15, -0.1) is 0 Å². The van der Waals surface area contributed by atoms with Crippen LogP contribution in [0.5, 0.6) is 5.75 Å². The molecule has 1 fully saturated rings. The van der Waals surface area contributed by atoms with Crippen molar-refractivity contribution in [3.8, 4) is 5.75 Å². The molecule has 1 aromatic carbocycles. The maximum atomic E-state index is 13.7. The zero-order valence-electron chi connectivity index (χ0n) is 18.6. The quantitative estimate of drug-likeness (QED) is 0.512. The molecule has 1 aliphatic heterocycles. The summed E-state index contributed by atoms with van der Waals surface area (Å²) in [5.41, 5.74) is 6.45. The molecule has 32 heavy (non-hydrogen) atoms. The Hall–Kier alpha value is -3.01. The van der Waals surface area contributed by atoms with E-state index < -0.39 is 11.4 Å². The first kappa shape index (κ1) is 23.6. The van der Waals surface area contributed by atoms with Crippen molar-refractivity contribution in [3.63, 3.8) is 0 Å². The molecule has 0 unspecified atom stereocenters. The van der Waals surface area contributed by atoms with Crippen LogP contribution in [0.3, 0.4) is 0 Å². The largest absolute Gasteiger partial charge is 0.496 e. The number of carbonyl (C=O) groups is 1. The lowest BCUT2D eigenvalue weighted by molar-refractivity contribution is 0.0210. The number of benzene rings is 1. The van der Waals surface area contributed by atoms with Gasteiger partial charge in [-0.25, -0.2) is 14.2 Å². The third-order valence-corrected chi connectivity index (χ3v) is 5.39. The number of nitrogens with one attached hydrogen (secondary N) is 1. The number of carbonyl (C=O) groups excluding carboxylic acids is 1. The van der Waals surface area contributed by atoms with Gasteiger partial charge >= 0.3 is 6.09 Å². The smallest absolute Gasteiger partial charge is 0.410 e. The molecule has 1 saturated heterocycles. The van der Waals surface area contributed by atoms with Crippen LogP contribution in [-0.4, -0.2) is 57.7 Å². The number of likely N-dealkylation sites (tertiary alicyclic amines) is 1.